The molecule has 0 aliphatic carbocycles. The van der Waals surface area contributed by atoms with E-state index in [9.17, 15) is 0 Å². The third-order valence-electron chi connectivity index (χ3n) is 5.09. The molecule has 0 bridgehead atoms. The largest absolute Gasteiger partial charge is 0.381 e. The zero-order chi connectivity index (χ0) is 17.1. The topological polar surface area (TPSA) is 50.3 Å². The number of nitrogens with one attached hydrogen (secondary N) is 1. The highest BCUT2D eigenvalue weighted by Crippen LogP contribution is 2.24. The van der Waals surface area contributed by atoms with Gasteiger partial charge in [0, 0.05) is 55.6 Å². The fourth-order valence-electron chi connectivity index (χ4n) is 3.68. The minimum Gasteiger partial charge on any atom is -0.381 e. The van der Waals surface area contributed by atoms with Crippen molar-refractivity contribution in [3.63, 3.8) is 0 Å². The van der Waals surface area contributed by atoms with Crippen LogP contribution >= 0.6 is 11.3 Å². The van der Waals surface area contributed by atoms with E-state index in [-0.39, 0.29) is 0 Å². The molecule has 1 fully saturated rings. The Balaban J connectivity index is 1.46. The minimum absolute atomic E-state index is 0.604. The van der Waals surface area contributed by atoms with Crippen molar-refractivity contribution in [2.24, 2.45) is 5.92 Å². The van der Waals surface area contributed by atoms with Gasteiger partial charge >= 0.3 is 0 Å². The third-order valence-corrected chi connectivity index (χ3v) is 5.95. The van der Waals surface area contributed by atoms with E-state index in [1.807, 2.05) is 18.3 Å². The highest BCUT2D eigenvalue weighted by molar-refractivity contribution is 7.09. The molecule has 0 radical (unpaired) electrons. The zero-order valence-corrected chi connectivity index (χ0v) is 15.6. The zero-order valence-electron chi connectivity index (χ0n) is 14.8. The van der Waals surface area contributed by atoms with Crippen molar-refractivity contribution in [1.29, 1.82) is 0 Å². The number of hydrogen-bond donors (Lipinski definition) is 1. The number of hydrogen-bond acceptors (Lipinski definition) is 6. The summed E-state index contributed by atoms with van der Waals surface area (Å²) in [5.41, 5.74) is 2.55. The lowest BCUT2D eigenvalue weighted by Crippen LogP contribution is -2.25. The van der Waals surface area contributed by atoms with Gasteiger partial charge in [0.15, 0.2) is 0 Å². The number of rotatable bonds is 5. The number of fused-ring (bicyclic) bond motifs is 1. The van der Waals surface area contributed by atoms with Crippen LogP contribution in [0.1, 0.15) is 28.4 Å². The van der Waals surface area contributed by atoms with Gasteiger partial charge in [-0.3, -0.25) is 4.90 Å². The summed E-state index contributed by atoms with van der Waals surface area (Å²) in [5, 5.41) is 5.75. The predicted octanol–water partition coefficient (Wildman–Crippen LogP) is 2.90. The number of aromatic nitrogens is 2. The van der Waals surface area contributed by atoms with Crippen molar-refractivity contribution in [2.45, 2.75) is 32.7 Å². The maximum Gasteiger partial charge on any atom is 0.133 e. The van der Waals surface area contributed by atoms with Gasteiger partial charge in [-0.2, -0.15) is 0 Å². The second kappa shape index (κ2) is 7.81. The summed E-state index contributed by atoms with van der Waals surface area (Å²) in [5.74, 6) is 2.52. The van der Waals surface area contributed by atoms with Gasteiger partial charge in [-0.15, -0.1) is 11.3 Å². The monoisotopic (exact) mass is 358 g/mol. The SMILES string of the molecule is Cc1nc2c(c(NC[C@@H]3CCOC3)n1)CCN(Cc1cccs1)CC2. The van der Waals surface area contributed by atoms with Crippen molar-refractivity contribution in [2.75, 3.05) is 38.2 Å². The first-order valence-electron chi connectivity index (χ1n) is 9.20. The van der Waals surface area contributed by atoms with Gasteiger partial charge in [-0.05, 0) is 31.2 Å². The molecule has 134 valence electrons. The Morgan fingerprint density at radius 1 is 1.32 bits per heavy atom. The summed E-state index contributed by atoms with van der Waals surface area (Å²) in [6.45, 7) is 7.88. The first-order valence-corrected chi connectivity index (χ1v) is 10.1. The summed E-state index contributed by atoms with van der Waals surface area (Å²) in [7, 11) is 0. The highest BCUT2D eigenvalue weighted by Gasteiger charge is 2.21. The lowest BCUT2D eigenvalue weighted by atomic mass is 10.1. The first kappa shape index (κ1) is 16.9. The summed E-state index contributed by atoms with van der Waals surface area (Å²) in [6, 6.07) is 4.36. The number of nitrogens with zero attached hydrogens (tertiary/aromatic N) is 3. The van der Waals surface area contributed by atoms with Gasteiger partial charge in [0.25, 0.3) is 0 Å². The van der Waals surface area contributed by atoms with Crippen LogP contribution < -0.4 is 5.32 Å². The van der Waals surface area contributed by atoms with Crippen LogP contribution in [0.4, 0.5) is 5.82 Å². The Hall–Kier alpha value is -1.50. The van der Waals surface area contributed by atoms with Crippen molar-refractivity contribution in [1.82, 2.24) is 14.9 Å². The Morgan fingerprint density at radius 2 is 2.24 bits per heavy atom. The normalized spacial score (nSPS) is 21.1. The molecule has 2 aromatic rings. The van der Waals surface area contributed by atoms with E-state index in [2.05, 4.69) is 27.7 Å². The summed E-state index contributed by atoms with van der Waals surface area (Å²) in [4.78, 5) is 13.4. The van der Waals surface area contributed by atoms with Crippen molar-refractivity contribution in [3.05, 3.63) is 39.5 Å². The van der Waals surface area contributed by atoms with E-state index in [1.165, 1.54) is 16.1 Å². The predicted molar refractivity (Wildman–Crippen MR) is 101 cm³/mol. The Morgan fingerprint density at radius 3 is 3.04 bits per heavy atom. The molecule has 2 aliphatic heterocycles. The second-order valence-electron chi connectivity index (χ2n) is 7.01. The van der Waals surface area contributed by atoms with Gasteiger partial charge in [-0.1, -0.05) is 6.07 Å². The van der Waals surface area contributed by atoms with Gasteiger partial charge in [0.1, 0.15) is 11.6 Å². The molecule has 1 N–H and O–H groups in total. The average Bonchev–Trinajstić information content (AvgIpc) is 3.26. The Kier molecular flexibility index (Phi) is 5.29. The molecule has 4 heterocycles. The molecular formula is C19H26N4OS. The molecule has 4 rings (SSSR count). The van der Waals surface area contributed by atoms with E-state index in [4.69, 9.17) is 14.7 Å². The van der Waals surface area contributed by atoms with Gasteiger partial charge < -0.3 is 10.1 Å². The number of anilines is 1. The summed E-state index contributed by atoms with van der Waals surface area (Å²) in [6.07, 6.45) is 3.17. The van der Waals surface area contributed by atoms with Crippen LogP contribution in [-0.4, -0.2) is 47.7 Å². The molecule has 6 heteroatoms. The molecule has 2 aliphatic rings. The number of ether oxygens (including phenoxy) is 1. The van der Waals surface area contributed by atoms with Crippen LogP contribution in [0, 0.1) is 12.8 Å². The molecular weight excluding hydrogens is 332 g/mol. The maximum atomic E-state index is 5.49. The van der Waals surface area contributed by atoms with Crippen LogP contribution in [0.3, 0.4) is 0 Å². The molecule has 0 unspecified atom stereocenters. The van der Waals surface area contributed by atoms with Crippen LogP contribution in [0.25, 0.3) is 0 Å². The van der Waals surface area contributed by atoms with Crippen LogP contribution in [0.5, 0.6) is 0 Å². The van der Waals surface area contributed by atoms with Crippen LogP contribution in [-0.2, 0) is 24.1 Å². The fraction of sp³-hybridized carbons (Fsp3) is 0.579. The van der Waals surface area contributed by atoms with Gasteiger partial charge in [0.2, 0.25) is 0 Å². The number of aryl methyl sites for hydroxylation is 1. The maximum absolute atomic E-state index is 5.49. The van der Waals surface area contributed by atoms with E-state index < -0.39 is 0 Å². The van der Waals surface area contributed by atoms with Crippen LogP contribution in [0.2, 0.25) is 0 Å². The summed E-state index contributed by atoms with van der Waals surface area (Å²) >= 11 is 1.84. The highest BCUT2D eigenvalue weighted by atomic mass is 32.1. The smallest absolute Gasteiger partial charge is 0.133 e. The Labute approximate surface area is 153 Å². The van der Waals surface area contributed by atoms with Gasteiger partial charge in [-0.25, -0.2) is 9.97 Å². The molecule has 0 spiro atoms. The first-order chi connectivity index (χ1) is 12.3. The third kappa shape index (κ3) is 4.19. The molecule has 0 amide bonds. The summed E-state index contributed by atoms with van der Waals surface area (Å²) < 4.78 is 5.49. The van der Waals surface area contributed by atoms with Crippen molar-refractivity contribution >= 4 is 17.2 Å². The van der Waals surface area contributed by atoms with Crippen molar-refractivity contribution in [3.8, 4) is 0 Å². The molecule has 5 nitrogen and oxygen atoms in total. The lowest BCUT2D eigenvalue weighted by molar-refractivity contribution is 0.187. The van der Waals surface area contributed by atoms with Gasteiger partial charge in [0.05, 0.1) is 12.3 Å². The molecule has 2 aromatic heterocycles. The number of thiophene rings is 1. The minimum atomic E-state index is 0.604. The van der Waals surface area contributed by atoms with E-state index >= 15 is 0 Å². The quantitative estimate of drug-likeness (QED) is 0.891. The van der Waals surface area contributed by atoms with Crippen LogP contribution in [0.15, 0.2) is 17.5 Å². The Bertz CT molecular complexity index is 698. The second-order valence-corrected chi connectivity index (χ2v) is 8.04. The molecule has 0 aromatic carbocycles. The van der Waals surface area contributed by atoms with Crippen molar-refractivity contribution < 1.29 is 4.74 Å². The average molecular weight is 359 g/mol. The molecule has 1 saturated heterocycles. The van der Waals surface area contributed by atoms with E-state index in [1.54, 1.807) is 0 Å². The van der Waals surface area contributed by atoms with E-state index in [0.29, 0.717) is 5.92 Å². The molecule has 0 saturated carbocycles. The standard InChI is InChI=1S/C19H26N4OS/c1-14-21-18-5-8-23(12-16-3-2-10-25-16)7-4-17(18)19(22-14)20-11-15-6-9-24-13-15/h2-3,10,15H,4-9,11-13H2,1H3,(H,20,21,22)/t15-/m0/s1. The van der Waals surface area contributed by atoms with E-state index in [0.717, 1.165) is 70.3 Å². The fourth-order valence-corrected chi connectivity index (χ4v) is 4.43. The molecule has 25 heavy (non-hydrogen) atoms. The lowest BCUT2D eigenvalue weighted by Gasteiger charge is -2.18. The molecule has 1 atom stereocenters.